The van der Waals surface area contributed by atoms with Crippen LogP contribution >= 0.6 is 0 Å². The average molecular weight is 467 g/mol. The van der Waals surface area contributed by atoms with Crippen molar-refractivity contribution >= 4 is 40.7 Å². The molecular formula is C22H26N8O4. The fourth-order valence-electron chi connectivity index (χ4n) is 3.03. The van der Waals surface area contributed by atoms with Gasteiger partial charge in [0, 0.05) is 37.1 Å². The maximum absolute atomic E-state index is 12.2. The first kappa shape index (κ1) is 24.3. The lowest BCUT2D eigenvalue weighted by atomic mass is 10.3. The van der Waals surface area contributed by atoms with Crippen LogP contribution in [-0.2, 0) is 4.74 Å². The van der Waals surface area contributed by atoms with Gasteiger partial charge in [-0.2, -0.15) is 4.98 Å². The highest BCUT2D eigenvalue weighted by Gasteiger charge is 2.12. The van der Waals surface area contributed by atoms with E-state index in [-0.39, 0.29) is 23.1 Å². The van der Waals surface area contributed by atoms with Gasteiger partial charge in [0.25, 0.3) is 5.69 Å². The molecule has 4 rings (SSSR count). The lowest BCUT2D eigenvalue weighted by Crippen LogP contribution is -2.36. The highest BCUT2D eigenvalue weighted by Crippen LogP contribution is 2.19. The van der Waals surface area contributed by atoms with E-state index in [1.807, 2.05) is 26.0 Å². The summed E-state index contributed by atoms with van der Waals surface area (Å²) >= 11 is 0. The predicted molar refractivity (Wildman–Crippen MR) is 130 cm³/mol. The Bertz CT molecular complexity index is 1100. The quantitative estimate of drug-likeness (QED) is 0.362. The van der Waals surface area contributed by atoms with Gasteiger partial charge in [-0.15, -0.1) is 0 Å². The molecule has 3 N–H and O–H groups in total. The van der Waals surface area contributed by atoms with E-state index >= 15 is 0 Å². The number of non-ortho nitro benzene ring substituents is 1. The molecule has 0 radical (unpaired) electrons. The molecule has 12 nitrogen and oxygen atoms in total. The number of amides is 2. The van der Waals surface area contributed by atoms with Crippen LogP contribution in [0.25, 0.3) is 0 Å². The second-order valence-electron chi connectivity index (χ2n) is 6.78. The van der Waals surface area contributed by atoms with E-state index in [1.54, 1.807) is 12.3 Å². The molecule has 0 spiro atoms. The minimum absolute atomic E-state index is 0.121. The molecule has 0 bridgehead atoms. The summed E-state index contributed by atoms with van der Waals surface area (Å²) in [6, 6.07) is 10.3. The zero-order valence-corrected chi connectivity index (χ0v) is 18.9. The minimum Gasteiger partial charge on any atom is -0.378 e. The first-order chi connectivity index (χ1) is 16.6. The molecule has 0 aliphatic carbocycles. The Morgan fingerprint density at radius 1 is 1.06 bits per heavy atom. The van der Waals surface area contributed by atoms with E-state index in [1.165, 1.54) is 30.5 Å². The summed E-state index contributed by atoms with van der Waals surface area (Å²) in [6.45, 7) is 6.97. The number of urea groups is 1. The molecule has 0 atom stereocenters. The molecule has 12 heteroatoms. The third kappa shape index (κ3) is 6.84. The van der Waals surface area contributed by atoms with Gasteiger partial charge in [0.15, 0.2) is 0 Å². The number of nitrogens with one attached hydrogen (secondary N) is 3. The van der Waals surface area contributed by atoms with Crippen molar-refractivity contribution < 1.29 is 14.5 Å². The number of hydrogen-bond donors (Lipinski definition) is 3. The fourth-order valence-corrected chi connectivity index (χ4v) is 3.03. The number of hydrogen-bond acceptors (Lipinski definition) is 9. The number of carbonyl (C=O) groups excluding carboxylic acids is 1. The Kier molecular flexibility index (Phi) is 8.63. The Morgan fingerprint density at radius 2 is 1.85 bits per heavy atom. The SMILES string of the molecule is CC.O=C(Nc1cccc([N+](=O)[O-])c1)Nc1ccnc(Nc2ccc(N3CCOCC3)nc2)n1. The smallest absolute Gasteiger partial charge is 0.324 e. The van der Waals surface area contributed by atoms with Crippen LogP contribution in [0.1, 0.15) is 13.8 Å². The number of anilines is 5. The summed E-state index contributed by atoms with van der Waals surface area (Å²) in [4.78, 5) is 37.6. The van der Waals surface area contributed by atoms with Gasteiger partial charge < -0.3 is 20.3 Å². The highest BCUT2D eigenvalue weighted by atomic mass is 16.6. The van der Waals surface area contributed by atoms with Crippen LogP contribution in [0.4, 0.5) is 39.4 Å². The Labute approximate surface area is 196 Å². The molecule has 2 aromatic heterocycles. The van der Waals surface area contributed by atoms with Crippen molar-refractivity contribution in [2.75, 3.05) is 47.2 Å². The van der Waals surface area contributed by atoms with Gasteiger partial charge in [-0.25, -0.2) is 14.8 Å². The van der Waals surface area contributed by atoms with Crippen LogP contribution in [0.3, 0.4) is 0 Å². The van der Waals surface area contributed by atoms with Gasteiger partial charge >= 0.3 is 6.03 Å². The summed E-state index contributed by atoms with van der Waals surface area (Å²) in [7, 11) is 0. The van der Waals surface area contributed by atoms with Gasteiger partial charge in [-0.05, 0) is 24.3 Å². The Morgan fingerprint density at radius 3 is 2.56 bits per heavy atom. The second kappa shape index (κ2) is 12.1. The number of pyridine rings is 1. The van der Waals surface area contributed by atoms with E-state index in [9.17, 15) is 14.9 Å². The van der Waals surface area contributed by atoms with Crippen molar-refractivity contribution in [2.24, 2.45) is 0 Å². The molecule has 1 aliphatic rings. The zero-order chi connectivity index (χ0) is 24.3. The summed E-state index contributed by atoms with van der Waals surface area (Å²) < 4.78 is 5.35. The largest absolute Gasteiger partial charge is 0.378 e. The second-order valence-corrected chi connectivity index (χ2v) is 6.78. The molecule has 1 aromatic carbocycles. The van der Waals surface area contributed by atoms with Gasteiger partial charge in [-0.3, -0.25) is 15.4 Å². The third-order valence-electron chi connectivity index (χ3n) is 4.55. The van der Waals surface area contributed by atoms with Gasteiger partial charge in [0.2, 0.25) is 5.95 Å². The van der Waals surface area contributed by atoms with Gasteiger partial charge in [0.1, 0.15) is 11.6 Å². The Hall–Kier alpha value is -4.32. The van der Waals surface area contributed by atoms with Gasteiger partial charge in [0.05, 0.1) is 30.0 Å². The standard InChI is InChI=1S/C20H20N8O4.C2H6/c29-20(24-14-2-1-3-16(12-14)28(30)31)26-17-6-7-21-19(25-17)23-15-4-5-18(22-13-15)27-8-10-32-11-9-27;1-2/h1-7,12-13H,8-11H2,(H3,21,23,24,25,26,29);1-2H3. The van der Waals surface area contributed by atoms with Crippen LogP contribution in [0.2, 0.25) is 0 Å². The van der Waals surface area contributed by atoms with Crippen LogP contribution in [-0.4, -0.2) is 52.2 Å². The number of ether oxygens (including phenoxy) is 1. The van der Waals surface area contributed by atoms with E-state index in [2.05, 4.69) is 35.8 Å². The van der Waals surface area contributed by atoms with Crippen molar-refractivity contribution in [3.8, 4) is 0 Å². The molecule has 3 aromatic rings. The van der Waals surface area contributed by atoms with E-state index < -0.39 is 11.0 Å². The number of nitrogens with zero attached hydrogens (tertiary/aromatic N) is 5. The van der Waals surface area contributed by atoms with Crippen LogP contribution < -0.4 is 20.9 Å². The number of aromatic nitrogens is 3. The molecule has 2 amide bonds. The lowest BCUT2D eigenvalue weighted by Gasteiger charge is -2.27. The van der Waals surface area contributed by atoms with Crippen LogP contribution in [0.5, 0.6) is 0 Å². The van der Waals surface area contributed by atoms with E-state index in [4.69, 9.17) is 4.74 Å². The predicted octanol–water partition coefficient (Wildman–Crippen LogP) is 4.03. The normalized spacial score (nSPS) is 12.7. The van der Waals surface area contributed by atoms with Crippen LogP contribution in [0, 0.1) is 10.1 Å². The van der Waals surface area contributed by atoms with Crippen LogP contribution in [0.15, 0.2) is 54.9 Å². The number of carbonyl (C=O) groups is 1. The fraction of sp³-hybridized carbons (Fsp3) is 0.273. The van der Waals surface area contributed by atoms with Crippen molar-refractivity contribution in [1.29, 1.82) is 0 Å². The monoisotopic (exact) mass is 466 g/mol. The van der Waals surface area contributed by atoms with Crippen molar-refractivity contribution in [3.05, 3.63) is 65.0 Å². The summed E-state index contributed by atoms with van der Waals surface area (Å²) in [5.74, 6) is 1.40. The maximum atomic E-state index is 12.2. The Balaban J connectivity index is 0.00000158. The number of benzene rings is 1. The maximum Gasteiger partial charge on any atom is 0.324 e. The summed E-state index contributed by atoms with van der Waals surface area (Å²) in [5.41, 5.74) is 0.861. The first-order valence-electron chi connectivity index (χ1n) is 10.8. The molecule has 1 fully saturated rings. The molecule has 3 heterocycles. The number of morpholine rings is 1. The van der Waals surface area contributed by atoms with Crippen molar-refractivity contribution in [2.45, 2.75) is 13.8 Å². The zero-order valence-electron chi connectivity index (χ0n) is 18.9. The molecule has 178 valence electrons. The number of nitro groups is 1. The number of nitro benzene ring substituents is 1. The molecular weight excluding hydrogens is 440 g/mol. The third-order valence-corrected chi connectivity index (χ3v) is 4.55. The molecule has 0 unspecified atom stereocenters. The van der Waals surface area contributed by atoms with E-state index in [0.29, 0.717) is 18.9 Å². The molecule has 1 saturated heterocycles. The van der Waals surface area contributed by atoms with E-state index in [0.717, 1.165) is 18.9 Å². The topological polar surface area (TPSA) is 147 Å². The number of rotatable bonds is 6. The summed E-state index contributed by atoms with van der Waals surface area (Å²) in [5, 5.41) is 19.0. The lowest BCUT2D eigenvalue weighted by molar-refractivity contribution is -0.384. The minimum atomic E-state index is -0.591. The highest BCUT2D eigenvalue weighted by molar-refractivity contribution is 5.99. The first-order valence-corrected chi connectivity index (χ1v) is 10.8. The van der Waals surface area contributed by atoms with Gasteiger partial charge in [-0.1, -0.05) is 19.9 Å². The molecule has 1 aliphatic heterocycles. The average Bonchev–Trinajstić information content (AvgIpc) is 2.86. The summed E-state index contributed by atoms with van der Waals surface area (Å²) in [6.07, 6.45) is 3.18. The van der Waals surface area contributed by atoms with Crippen molar-refractivity contribution in [3.63, 3.8) is 0 Å². The molecule has 0 saturated carbocycles. The van der Waals surface area contributed by atoms with Crippen molar-refractivity contribution in [1.82, 2.24) is 15.0 Å². The molecule has 34 heavy (non-hydrogen) atoms.